The second kappa shape index (κ2) is 14.0. The Morgan fingerprint density at radius 2 is 1.42 bits per heavy atom. The monoisotopic (exact) mass is 360 g/mol. The molecule has 0 saturated heterocycles. The van der Waals surface area contributed by atoms with Crippen LogP contribution in [0.5, 0.6) is 0 Å². The van der Waals surface area contributed by atoms with Crippen LogP contribution in [0.15, 0.2) is 43.0 Å². The maximum atomic E-state index is 6.42. The van der Waals surface area contributed by atoms with Crippen molar-refractivity contribution < 1.29 is 9.47 Å². The molecule has 1 atom stereocenters. The molecule has 0 aliphatic rings. The standard InChI is InChI=1S/C24H40O2/c1-5-9-10-11-12-14-17-22(8-4)24(25-20-6-2,26-21-7-3)23-18-15-13-16-19-23/h8,13,15-16,18-19,22H,4-7,9-12,14,17,20-21H2,1-3H3. The summed E-state index contributed by atoms with van der Waals surface area (Å²) in [6.07, 6.45) is 12.8. The predicted molar refractivity (Wildman–Crippen MR) is 112 cm³/mol. The van der Waals surface area contributed by atoms with E-state index >= 15 is 0 Å². The number of unbranched alkanes of at least 4 members (excludes halogenated alkanes) is 5. The molecule has 0 saturated carbocycles. The van der Waals surface area contributed by atoms with Crippen LogP contribution in [0.2, 0.25) is 0 Å². The van der Waals surface area contributed by atoms with Gasteiger partial charge in [-0.25, -0.2) is 0 Å². The molecule has 0 aliphatic heterocycles. The summed E-state index contributed by atoms with van der Waals surface area (Å²) in [4.78, 5) is 0. The average molecular weight is 361 g/mol. The van der Waals surface area contributed by atoms with E-state index in [9.17, 15) is 0 Å². The molecule has 0 amide bonds. The normalized spacial score (nSPS) is 12.9. The Bertz CT molecular complexity index is 447. The molecule has 0 aliphatic carbocycles. The largest absolute Gasteiger partial charge is 0.345 e. The van der Waals surface area contributed by atoms with E-state index in [-0.39, 0.29) is 5.92 Å². The molecule has 0 aromatic heterocycles. The van der Waals surface area contributed by atoms with E-state index in [4.69, 9.17) is 9.47 Å². The minimum Gasteiger partial charge on any atom is -0.345 e. The van der Waals surface area contributed by atoms with E-state index in [2.05, 4.69) is 51.6 Å². The maximum absolute atomic E-state index is 6.42. The highest BCUT2D eigenvalue weighted by Gasteiger charge is 2.40. The smallest absolute Gasteiger partial charge is 0.201 e. The van der Waals surface area contributed by atoms with Crippen molar-refractivity contribution in [3.05, 3.63) is 48.6 Å². The molecule has 2 heteroatoms. The van der Waals surface area contributed by atoms with Crippen molar-refractivity contribution in [3.63, 3.8) is 0 Å². The summed E-state index contributed by atoms with van der Waals surface area (Å²) in [5.74, 6) is -0.549. The van der Waals surface area contributed by atoms with Gasteiger partial charge in [-0.3, -0.25) is 0 Å². The number of hydrogen-bond acceptors (Lipinski definition) is 2. The van der Waals surface area contributed by atoms with Gasteiger partial charge in [0, 0.05) is 11.5 Å². The van der Waals surface area contributed by atoms with Crippen LogP contribution >= 0.6 is 0 Å². The Labute approximate surface area is 162 Å². The SMILES string of the molecule is C=CC(CCCCCCCC)C(OCCC)(OCCC)c1ccccc1. The summed E-state index contributed by atoms with van der Waals surface area (Å²) >= 11 is 0. The molecular formula is C24H40O2. The fraction of sp³-hybridized carbons (Fsp3) is 0.667. The zero-order valence-electron chi connectivity index (χ0n) is 17.3. The third-order valence-electron chi connectivity index (χ3n) is 4.86. The molecule has 1 aromatic carbocycles. The second-order valence-corrected chi connectivity index (χ2v) is 7.13. The van der Waals surface area contributed by atoms with Gasteiger partial charge in [-0.2, -0.15) is 0 Å². The highest BCUT2D eigenvalue weighted by Crippen LogP contribution is 2.39. The third kappa shape index (κ3) is 7.25. The van der Waals surface area contributed by atoms with Gasteiger partial charge in [0.1, 0.15) is 0 Å². The molecule has 0 radical (unpaired) electrons. The summed E-state index contributed by atoms with van der Waals surface area (Å²) < 4.78 is 12.8. The van der Waals surface area contributed by atoms with Gasteiger partial charge in [0.05, 0.1) is 13.2 Å². The number of ether oxygens (including phenoxy) is 2. The third-order valence-corrected chi connectivity index (χ3v) is 4.86. The van der Waals surface area contributed by atoms with Crippen LogP contribution in [-0.4, -0.2) is 13.2 Å². The zero-order chi connectivity index (χ0) is 19.1. The van der Waals surface area contributed by atoms with E-state index in [0.717, 1.165) is 24.8 Å². The number of benzene rings is 1. The van der Waals surface area contributed by atoms with Crippen molar-refractivity contribution in [2.24, 2.45) is 5.92 Å². The Hall–Kier alpha value is -1.12. The van der Waals surface area contributed by atoms with Crippen molar-refractivity contribution in [2.75, 3.05) is 13.2 Å². The Balaban J connectivity index is 2.92. The van der Waals surface area contributed by atoms with Crippen LogP contribution in [0.1, 0.15) is 84.1 Å². The quantitative estimate of drug-likeness (QED) is 0.176. The van der Waals surface area contributed by atoms with Crippen LogP contribution in [-0.2, 0) is 15.3 Å². The average Bonchev–Trinajstić information content (AvgIpc) is 2.69. The van der Waals surface area contributed by atoms with Gasteiger partial charge in [0.25, 0.3) is 0 Å². The molecule has 1 aromatic rings. The lowest BCUT2D eigenvalue weighted by Crippen LogP contribution is -2.41. The molecule has 148 valence electrons. The lowest BCUT2D eigenvalue weighted by atomic mass is 9.86. The first kappa shape index (κ1) is 22.9. The van der Waals surface area contributed by atoms with Crippen LogP contribution < -0.4 is 0 Å². The first-order chi connectivity index (χ1) is 12.7. The minimum absolute atomic E-state index is 0.161. The maximum Gasteiger partial charge on any atom is 0.201 e. The highest BCUT2D eigenvalue weighted by atomic mass is 16.7. The van der Waals surface area contributed by atoms with Crippen LogP contribution in [0, 0.1) is 5.92 Å². The summed E-state index contributed by atoms with van der Waals surface area (Å²) in [5, 5.41) is 0. The van der Waals surface area contributed by atoms with E-state index in [1.54, 1.807) is 0 Å². The molecule has 26 heavy (non-hydrogen) atoms. The Morgan fingerprint density at radius 3 is 1.96 bits per heavy atom. The van der Waals surface area contributed by atoms with Crippen molar-refractivity contribution in [2.45, 2.75) is 84.3 Å². The fourth-order valence-corrected chi connectivity index (χ4v) is 3.42. The molecule has 1 rings (SSSR count). The number of hydrogen-bond donors (Lipinski definition) is 0. The van der Waals surface area contributed by atoms with Gasteiger partial charge in [-0.1, -0.05) is 95.7 Å². The minimum atomic E-state index is -0.710. The van der Waals surface area contributed by atoms with Crippen LogP contribution in [0.4, 0.5) is 0 Å². The first-order valence-electron chi connectivity index (χ1n) is 10.7. The van der Waals surface area contributed by atoms with Gasteiger partial charge in [-0.05, 0) is 19.3 Å². The second-order valence-electron chi connectivity index (χ2n) is 7.13. The number of rotatable bonds is 16. The summed E-state index contributed by atoms with van der Waals surface area (Å²) in [6.45, 7) is 12.1. The van der Waals surface area contributed by atoms with Gasteiger partial charge >= 0.3 is 0 Å². The Morgan fingerprint density at radius 1 is 0.846 bits per heavy atom. The molecule has 1 unspecified atom stereocenters. The van der Waals surface area contributed by atoms with Gasteiger partial charge in [0.2, 0.25) is 5.79 Å². The summed E-state index contributed by atoms with van der Waals surface area (Å²) in [6, 6.07) is 10.4. The predicted octanol–water partition coefficient (Wildman–Crippen LogP) is 7.25. The topological polar surface area (TPSA) is 18.5 Å². The van der Waals surface area contributed by atoms with E-state index in [0.29, 0.717) is 13.2 Å². The van der Waals surface area contributed by atoms with Crippen molar-refractivity contribution >= 4 is 0 Å². The van der Waals surface area contributed by atoms with Gasteiger partial charge in [0.15, 0.2) is 0 Å². The van der Waals surface area contributed by atoms with E-state index in [1.165, 1.54) is 38.5 Å². The zero-order valence-corrected chi connectivity index (χ0v) is 17.3. The lowest BCUT2D eigenvalue weighted by Gasteiger charge is -2.40. The van der Waals surface area contributed by atoms with Crippen LogP contribution in [0.3, 0.4) is 0 Å². The van der Waals surface area contributed by atoms with Crippen molar-refractivity contribution in [1.29, 1.82) is 0 Å². The molecule has 0 heterocycles. The Kier molecular flexibility index (Phi) is 12.3. The highest BCUT2D eigenvalue weighted by molar-refractivity contribution is 5.23. The molecule has 0 spiro atoms. The molecular weight excluding hydrogens is 320 g/mol. The summed E-state index contributed by atoms with van der Waals surface area (Å²) in [7, 11) is 0. The molecule has 0 bridgehead atoms. The van der Waals surface area contributed by atoms with E-state index < -0.39 is 5.79 Å². The summed E-state index contributed by atoms with van der Waals surface area (Å²) in [5.41, 5.74) is 1.11. The lowest BCUT2D eigenvalue weighted by molar-refractivity contribution is -0.270. The molecule has 0 N–H and O–H groups in total. The van der Waals surface area contributed by atoms with Gasteiger partial charge in [-0.15, -0.1) is 6.58 Å². The van der Waals surface area contributed by atoms with Crippen molar-refractivity contribution in [3.8, 4) is 0 Å². The van der Waals surface area contributed by atoms with Crippen molar-refractivity contribution in [1.82, 2.24) is 0 Å². The molecule has 2 nitrogen and oxygen atoms in total. The molecule has 0 fully saturated rings. The fourth-order valence-electron chi connectivity index (χ4n) is 3.42. The van der Waals surface area contributed by atoms with Crippen LogP contribution in [0.25, 0.3) is 0 Å². The first-order valence-corrected chi connectivity index (χ1v) is 10.7. The van der Waals surface area contributed by atoms with Gasteiger partial charge < -0.3 is 9.47 Å². The van der Waals surface area contributed by atoms with E-state index in [1.807, 2.05) is 12.1 Å².